The van der Waals surface area contributed by atoms with Crippen LogP contribution in [-0.2, 0) is 25.3 Å². The second-order valence-electron chi connectivity index (χ2n) is 11.9. The van der Waals surface area contributed by atoms with Crippen LogP contribution in [0.2, 0.25) is 0 Å². The van der Waals surface area contributed by atoms with Crippen molar-refractivity contribution < 1.29 is 32.3 Å². The van der Waals surface area contributed by atoms with Crippen LogP contribution in [-0.4, -0.2) is 47.3 Å². The van der Waals surface area contributed by atoms with Crippen LogP contribution in [0.4, 0.5) is 18.9 Å². The molecule has 2 aliphatic carbocycles. The number of hydrogen-bond donors (Lipinski definition) is 1. The number of nitrogens with one attached hydrogen (secondary N) is 1. The van der Waals surface area contributed by atoms with Crippen LogP contribution in [0.5, 0.6) is 0 Å². The van der Waals surface area contributed by atoms with E-state index in [1.807, 2.05) is 20.8 Å². The molecule has 1 heterocycles. The molecular formula is C28H37F3N2O4. The van der Waals surface area contributed by atoms with E-state index in [4.69, 9.17) is 4.74 Å². The first-order chi connectivity index (χ1) is 17.3. The maximum absolute atomic E-state index is 12.8. The van der Waals surface area contributed by atoms with Gasteiger partial charge in [-0.15, -0.1) is 0 Å². The minimum Gasteiger partial charge on any atom is -0.460 e. The van der Waals surface area contributed by atoms with Gasteiger partial charge >= 0.3 is 12.1 Å². The fourth-order valence-electron chi connectivity index (χ4n) is 6.07. The number of alkyl halides is 3. The number of carbonyl (C=O) groups is 3. The Morgan fingerprint density at radius 3 is 2.24 bits per heavy atom. The number of nitrogens with zero attached hydrogens (tertiary/aromatic N) is 1. The number of fused-ring (bicyclic) bond motifs is 1. The van der Waals surface area contributed by atoms with E-state index in [0.717, 1.165) is 50.9 Å². The maximum atomic E-state index is 12.8. The van der Waals surface area contributed by atoms with Gasteiger partial charge in [-0.25, -0.2) is 0 Å². The predicted octanol–water partition coefficient (Wildman–Crippen LogP) is 5.46. The topological polar surface area (TPSA) is 75.7 Å². The van der Waals surface area contributed by atoms with E-state index in [9.17, 15) is 27.6 Å². The average molecular weight is 523 g/mol. The number of carbonyl (C=O) groups excluding carboxylic acids is 3. The molecule has 3 atom stereocenters. The van der Waals surface area contributed by atoms with Crippen molar-refractivity contribution in [2.24, 2.45) is 23.7 Å². The maximum Gasteiger partial charge on any atom is 0.416 e. The van der Waals surface area contributed by atoms with Gasteiger partial charge in [0.2, 0.25) is 5.91 Å². The minimum absolute atomic E-state index is 0.00103. The molecule has 3 fully saturated rings. The average Bonchev–Trinajstić information content (AvgIpc) is 3.29. The summed E-state index contributed by atoms with van der Waals surface area (Å²) in [6, 6.07) is 4.99. The van der Waals surface area contributed by atoms with E-state index < -0.39 is 23.2 Å². The van der Waals surface area contributed by atoms with Gasteiger partial charge in [-0.2, -0.15) is 13.2 Å². The van der Waals surface area contributed by atoms with E-state index in [2.05, 4.69) is 10.2 Å². The summed E-state index contributed by atoms with van der Waals surface area (Å²) in [4.78, 5) is 39.5. The first-order valence-electron chi connectivity index (χ1n) is 13.3. The Hall–Kier alpha value is -2.42. The van der Waals surface area contributed by atoms with Crippen LogP contribution < -0.4 is 5.32 Å². The molecule has 1 aromatic rings. The molecule has 9 heteroatoms. The number of rotatable bonds is 8. The smallest absolute Gasteiger partial charge is 0.416 e. The van der Waals surface area contributed by atoms with Crippen molar-refractivity contribution in [2.75, 3.05) is 18.4 Å². The quantitative estimate of drug-likeness (QED) is 0.459. The summed E-state index contributed by atoms with van der Waals surface area (Å²) in [5, 5.41) is 2.47. The van der Waals surface area contributed by atoms with Crippen molar-refractivity contribution in [3.05, 3.63) is 29.8 Å². The normalized spacial score (nSPS) is 27.9. The Bertz CT molecular complexity index is 999. The van der Waals surface area contributed by atoms with Gasteiger partial charge in [0.05, 0.1) is 5.56 Å². The van der Waals surface area contributed by atoms with Gasteiger partial charge in [-0.05, 0) is 82.4 Å². The summed E-state index contributed by atoms with van der Waals surface area (Å²) in [5.74, 6) is 0.569. The van der Waals surface area contributed by atoms with Gasteiger partial charge in [0.25, 0.3) is 0 Å². The standard InChI is InChI=1S/C28H37F3N2O4/c1-27(2,3)37-25(36)13-17-7-9-20(10-8-17)33-15-21-22(16-33)26(21)23(34)11-12-24(35)32-19-6-4-5-18(14-19)28(29,30)31/h4-6,14,17,20-22,26H,7-13,15-16H2,1-3H3,(H,32,35)/t17?,20?,21-,22+,26?. The summed E-state index contributed by atoms with van der Waals surface area (Å²) in [7, 11) is 0. The molecule has 1 saturated heterocycles. The second kappa shape index (κ2) is 10.8. The van der Waals surface area contributed by atoms with Crippen molar-refractivity contribution in [3.8, 4) is 0 Å². The molecule has 1 amide bonds. The molecule has 37 heavy (non-hydrogen) atoms. The Labute approximate surface area is 216 Å². The molecule has 0 radical (unpaired) electrons. The highest BCUT2D eigenvalue weighted by molar-refractivity contribution is 5.94. The molecule has 3 aliphatic rings. The highest BCUT2D eigenvalue weighted by atomic mass is 19.4. The third-order valence-electron chi connectivity index (χ3n) is 7.87. The van der Waals surface area contributed by atoms with Crippen molar-refractivity contribution in [1.29, 1.82) is 0 Å². The van der Waals surface area contributed by atoms with Gasteiger partial charge in [-0.1, -0.05) is 6.07 Å². The number of esters is 1. The second-order valence-corrected chi connectivity index (χ2v) is 11.9. The zero-order chi connectivity index (χ0) is 27.0. The molecule has 2 saturated carbocycles. The largest absolute Gasteiger partial charge is 0.460 e. The summed E-state index contributed by atoms with van der Waals surface area (Å²) < 4.78 is 44.0. The number of likely N-dealkylation sites (tertiary alicyclic amines) is 1. The highest BCUT2D eigenvalue weighted by Crippen LogP contribution is 2.54. The first-order valence-corrected chi connectivity index (χ1v) is 13.3. The van der Waals surface area contributed by atoms with Crippen LogP contribution in [0, 0.1) is 23.7 Å². The lowest BCUT2D eigenvalue weighted by molar-refractivity contribution is -0.156. The number of anilines is 1. The summed E-state index contributed by atoms with van der Waals surface area (Å²) in [6.07, 6.45) is 0.218. The Kier molecular flexibility index (Phi) is 8.02. The van der Waals surface area contributed by atoms with E-state index in [1.165, 1.54) is 12.1 Å². The van der Waals surface area contributed by atoms with Crippen molar-refractivity contribution in [1.82, 2.24) is 4.90 Å². The number of amides is 1. The van der Waals surface area contributed by atoms with Gasteiger partial charge in [-0.3, -0.25) is 19.3 Å². The van der Waals surface area contributed by atoms with Crippen LogP contribution in [0.1, 0.15) is 71.3 Å². The van der Waals surface area contributed by atoms with Crippen molar-refractivity contribution >= 4 is 23.3 Å². The van der Waals surface area contributed by atoms with Crippen LogP contribution in [0.3, 0.4) is 0 Å². The number of Topliss-reactive ketones (excluding diaryl/α,β-unsaturated/α-hetero) is 1. The fraction of sp³-hybridized carbons (Fsp3) is 0.679. The number of benzene rings is 1. The fourth-order valence-corrected chi connectivity index (χ4v) is 6.07. The van der Waals surface area contributed by atoms with Crippen molar-refractivity contribution in [3.63, 3.8) is 0 Å². The van der Waals surface area contributed by atoms with E-state index in [1.54, 1.807) is 0 Å². The molecule has 1 aromatic carbocycles. The number of ether oxygens (including phenoxy) is 1. The third kappa shape index (κ3) is 7.33. The number of piperidine rings is 1. The number of ketones is 1. The van der Waals surface area contributed by atoms with E-state index in [0.29, 0.717) is 30.2 Å². The monoisotopic (exact) mass is 522 g/mol. The molecule has 0 bridgehead atoms. The molecule has 0 spiro atoms. The number of halogens is 3. The summed E-state index contributed by atoms with van der Waals surface area (Å²) >= 11 is 0. The molecular weight excluding hydrogens is 485 g/mol. The van der Waals surface area contributed by atoms with Crippen LogP contribution >= 0.6 is 0 Å². The lowest BCUT2D eigenvalue weighted by Crippen LogP contribution is -2.39. The molecule has 204 valence electrons. The predicted molar refractivity (Wildman–Crippen MR) is 133 cm³/mol. The Morgan fingerprint density at radius 2 is 1.65 bits per heavy atom. The SMILES string of the molecule is CC(C)(C)OC(=O)CC1CCC(N2C[C@@H]3C(C(=O)CCC(=O)Nc4cccc(C(F)(F)F)c4)[C@@H]3C2)CC1. The van der Waals surface area contributed by atoms with Gasteiger partial charge < -0.3 is 10.1 Å². The Morgan fingerprint density at radius 1 is 1.00 bits per heavy atom. The Balaban J connectivity index is 1.14. The van der Waals surface area contributed by atoms with E-state index in [-0.39, 0.29) is 36.2 Å². The molecule has 1 N–H and O–H groups in total. The molecule has 1 unspecified atom stereocenters. The van der Waals surface area contributed by atoms with E-state index >= 15 is 0 Å². The summed E-state index contributed by atoms with van der Waals surface area (Å²) in [6.45, 7) is 7.45. The third-order valence-corrected chi connectivity index (χ3v) is 7.87. The number of hydrogen-bond acceptors (Lipinski definition) is 5. The van der Waals surface area contributed by atoms with Gasteiger partial charge in [0, 0.05) is 50.0 Å². The lowest BCUT2D eigenvalue weighted by Gasteiger charge is -2.35. The summed E-state index contributed by atoms with van der Waals surface area (Å²) in [5.41, 5.74) is -1.20. The zero-order valence-corrected chi connectivity index (χ0v) is 21.8. The van der Waals surface area contributed by atoms with Crippen LogP contribution in [0.25, 0.3) is 0 Å². The minimum atomic E-state index is -4.48. The molecule has 4 rings (SSSR count). The zero-order valence-electron chi connectivity index (χ0n) is 21.8. The highest BCUT2D eigenvalue weighted by Gasteiger charge is 2.59. The van der Waals surface area contributed by atoms with Gasteiger partial charge in [0.15, 0.2) is 0 Å². The van der Waals surface area contributed by atoms with Crippen LogP contribution in [0.15, 0.2) is 24.3 Å². The molecule has 1 aliphatic heterocycles. The van der Waals surface area contributed by atoms with Crippen molar-refractivity contribution in [2.45, 2.75) is 83.5 Å². The molecule has 6 nitrogen and oxygen atoms in total. The first kappa shape index (κ1) is 27.6. The van der Waals surface area contributed by atoms with Gasteiger partial charge in [0.1, 0.15) is 11.4 Å². The lowest BCUT2D eigenvalue weighted by atomic mass is 9.83. The molecule has 0 aromatic heterocycles.